The van der Waals surface area contributed by atoms with E-state index in [-0.39, 0.29) is 0 Å². The summed E-state index contributed by atoms with van der Waals surface area (Å²) < 4.78 is 16.2. The van der Waals surface area contributed by atoms with E-state index < -0.39 is 0 Å². The highest BCUT2D eigenvalue weighted by atomic mass is 16.5. The first-order valence-corrected chi connectivity index (χ1v) is 6.15. The molecule has 0 amide bonds. The first-order valence-electron chi connectivity index (χ1n) is 6.15. The third-order valence-corrected chi connectivity index (χ3v) is 3.16. The molecule has 1 aliphatic rings. The molecule has 0 aromatic carbocycles. The zero-order chi connectivity index (χ0) is 12.1. The van der Waals surface area contributed by atoms with Crippen molar-refractivity contribution in [2.45, 2.75) is 25.9 Å². The van der Waals surface area contributed by atoms with Crippen molar-refractivity contribution in [3.8, 4) is 0 Å². The van der Waals surface area contributed by atoms with E-state index in [1.807, 2.05) is 19.1 Å². The highest BCUT2D eigenvalue weighted by Gasteiger charge is 2.23. The fourth-order valence-electron chi connectivity index (χ4n) is 2.18. The van der Waals surface area contributed by atoms with Crippen molar-refractivity contribution in [3.05, 3.63) is 23.7 Å². The fraction of sp³-hybridized carbons (Fsp3) is 0.692. The summed E-state index contributed by atoms with van der Waals surface area (Å²) in [6, 6.07) is 4.55. The van der Waals surface area contributed by atoms with E-state index in [4.69, 9.17) is 13.9 Å². The summed E-state index contributed by atoms with van der Waals surface area (Å²) in [4.78, 5) is 2.38. The van der Waals surface area contributed by atoms with Crippen LogP contribution >= 0.6 is 0 Å². The van der Waals surface area contributed by atoms with Crippen LogP contribution in [-0.4, -0.2) is 44.4 Å². The highest BCUT2D eigenvalue weighted by molar-refractivity contribution is 5.05. The minimum Gasteiger partial charge on any atom is -0.465 e. The maximum atomic E-state index is 5.63. The Morgan fingerprint density at radius 3 is 2.94 bits per heavy atom. The van der Waals surface area contributed by atoms with Crippen LogP contribution in [0.5, 0.6) is 0 Å². The molecule has 2 heterocycles. The van der Waals surface area contributed by atoms with Gasteiger partial charge in [0.05, 0.1) is 19.8 Å². The monoisotopic (exact) mass is 239 g/mol. The van der Waals surface area contributed by atoms with Crippen molar-refractivity contribution in [1.29, 1.82) is 0 Å². The summed E-state index contributed by atoms with van der Waals surface area (Å²) in [5.74, 6) is 1.99. The van der Waals surface area contributed by atoms with Crippen molar-refractivity contribution in [2.75, 3.05) is 33.5 Å². The third kappa shape index (κ3) is 3.56. The largest absolute Gasteiger partial charge is 0.465 e. The molecule has 0 N–H and O–H groups in total. The highest BCUT2D eigenvalue weighted by Crippen LogP contribution is 2.17. The van der Waals surface area contributed by atoms with E-state index >= 15 is 0 Å². The van der Waals surface area contributed by atoms with Crippen LogP contribution in [0.1, 0.15) is 17.9 Å². The van der Waals surface area contributed by atoms with Gasteiger partial charge in [0.2, 0.25) is 0 Å². The van der Waals surface area contributed by atoms with Gasteiger partial charge in [-0.05, 0) is 25.5 Å². The second-order valence-electron chi connectivity index (χ2n) is 4.49. The van der Waals surface area contributed by atoms with Crippen LogP contribution in [-0.2, 0) is 16.0 Å². The van der Waals surface area contributed by atoms with E-state index in [0.717, 1.165) is 50.9 Å². The second kappa shape index (κ2) is 6.19. The molecule has 0 spiro atoms. The quantitative estimate of drug-likeness (QED) is 0.758. The van der Waals surface area contributed by atoms with Gasteiger partial charge < -0.3 is 13.9 Å². The Morgan fingerprint density at radius 2 is 2.35 bits per heavy atom. The summed E-state index contributed by atoms with van der Waals surface area (Å²) in [7, 11) is 1.74. The predicted octanol–water partition coefficient (Wildman–Crippen LogP) is 1.83. The lowest BCUT2D eigenvalue weighted by Crippen LogP contribution is -2.37. The number of methoxy groups -OCH3 is 1. The van der Waals surface area contributed by atoms with Gasteiger partial charge in [0.15, 0.2) is 0 Å². The number of hydrogen-bond donors (Lipinski definition) is 0. The second-order valence-corrected chi connectivity index (χ2v) is 4.49. The average Bonchev–Trinajstić information content (AvgIpc) is 2.95. The topological polar surface area (TPSA) is 34.8 Å². The molecule has 0 aliphatic carbocycles. The van der Waals surface area contributed by atoms with Crippen LogP contribution in [0.25, 0.3) is 0 Å². The molecular formula is C13H21NO3. The van der Waals surface area contributed by atoms with Crippen molar-refractivity contribution in [3.63, 3.8) is 0 Å². The maximum absolute atomic E-state index is 5.63. The average molecular weight is 239 g/mol. The molecule has 17 heavy (non-hydrogen) atoms. The number of aryl methyl sites for hydroxylation is 1. The van der Waals surface area contributed by atoms with Crippen molar-refractivity contribution < 1.29 is 13.9 Å². The van der Waals surface area contributed by atoms with Gasteiger partial charge in [-0.3, -0.25) is 4.90 Å². The van der Waals surface area contributed by atoms with Crippen LogP contribution < -0.4 is 0 Å². The molecule has 1 saturated heterocycles. The van der Waals surface area contributed by atoms with Crippen LogP contribution in [0.2, 0.25) is 0 Å². The lowest BCUT2D eigenvalue weighted by Gasteiger charge is -2.26. The van der Waals surface area contributed by atoms with E-state index in [9.17, 15) is 0 Å². The standard InChI is InChI=1S/C13H21NO3/c1-11-3-4-13(17-11)9-14(6-8-15-2)12-5-7-16-10-12/h3-4,12H,5-10H2,1-2H3/t12-/m1/s1. The lowest BCUT2D eigenvalue weighted by molar-refractivity contribution is 0.0952. The Bertz CT molecular complexity index is 331. The van der Waals surface area contributed by atoms with Crippen LogP contribution in [0, 0.1) is 6.92 Å². The smallest absolute Gasteiger partial charge is 0.118 e. The summed E-state index contributed by atoms with van der Waals surface area (Å²) in [6.45, 7) is 6.17. The molecule has 1 aromatic rings. The van der Waals surface area contributed by atoms with Crippen molar-refractivity contribution in [1.82, 2.24) is 4.90 Å². The Morgan fingerprint density at radius 1 is 1.47 bits per heavy atom. The summed E-state index contributed by atoms with van der Waals surface area (Å²) >= 11 is 0. The zero-order valence-electron chi connectivity index (χ0n) is 10.6. The lowest BCUT2D eigenvalue weighted by atomic mass is 10.2. The van der Waals surface area contributed by atoms with Crippen molar-refractivity contribution >= 4 is 0 Å². The molecule has 0 radical (unpaired) electrons. The molecule has 1 aliphatic heterocycles. The predicted molar refractivity (Wildman–Crippen MR) is 65.0 cm³/mol. The summed E-state index contributed by atoms with van der Waals surface area (Å²) in [5, 5.41) is 0. The van der Waals surface area contributed by atoms with Gasteiger partial charge in [-0.2, -0.15) is 0 Å². The molecule has 2 rings (SSSR count). The minimum absolute atomic E-state index is 0.496. The van der Waals surface area contributed by atoms with Crippen LogP contribution in [0.3, 0.4) is 0 Å². The molecule has 4 heteroatoms. The van der Waals surface area contributed by atoms with Crippen LogP contribution in [0.15, 0.2) is 16.5 Å². The van der Waals surface area contributed by atoms with Gasteiger partial charge in [0.25, 0.3) is 0 Å². The summed E-state index contributed by atoms with van der Waals surface area (Å²) in [5.41, 5.74) is 0. The number of rotatable bonds is 6. The van der Waals surface area contributed by atoms with Gasteiger partial charge >= 0.3 is 0 Å². The molecule has 4 nitrogen and oxygen atoms in total. The number of furan rings is 1. The van der Waals surface area contributed by atoms with Gasteiger partial charge in [0, 0.05) is 26.3 Å². The molecule has 1 fully saturated rings. The number of ether oxygens (including phenoxy) is 2. The molecule has 0 saturated carbocycles. The van der Waals surface area contributed by atoms with Crippen LogP contribution in [0.4, 0.5) is 0 Å². The van der Waals surface area contributed by atoms with Gasteiger partial charge in [-0.15, -0.1) is 0 Å². The molecule has 96 valence electrons. The van der Waals surface area contributed by atoms with Crippen molar-refractivity contribution in [2.24, 2.45) is 0 Å². The molecule has 1 atom stereocenters. The summed E-state index contributed by atoms with van der Waals surface area (Å²) in [6.07, 6.45) is 1.10. The third-order valence-electron chi connectivity index (χ3n) is 3.16. The Hall–Kier alpha value is -0.840. The SMILES string of the molecule is COCCN(Cc1ccc(C)o1)[C@@H]1CCOC1. The molecule has 0 unspecified atom stereocenters. The normalized spacial score (nSPS) is 20.3. The van der Waals surface area contributed by atoms with E-state index in [0.29, 0.717) is 6.04 Å². The molecular weight excluding hydrogens is 218 g/mol. The van der Waals surface area contributed by atoms with Gasteiger partial charge in [-0.1, -0.05) is 0 Å². The molecule has 0 bridgehead atoms. The van der Waals surface area contributed by atoms with Gasteiger partial charge in [-0.25, -0.2) is 0 Å². The first-order chi connectivity index (χ1) is 8.29. The Kier molecular flexibility index (Phi) is 4.59. The number of hydrogen-bond acceptors (Lipinski definition) is 4. The maximum Gasteiger partial charge on any atom is 0.118 e. The molecule has 1 aromatic heterocycles. The Labute approximate surface area is 102 Å². The van der Waals surface area contributed by atoms with E-state index in [1.165, 1.54) is 0 Å². The van der Waals surface area contributed by atoms with E-state index in [2.05, 4.69) is 4.90 Å². The zero-order valence-corrected chi connectivity index (χ0v) is 10.6. The fourth-order valence-corrected chi connectivity index (χ4v) is 2.18. The first kappa shape index (κ1) is 12.6. The van der Waals surface area contributed by atoms with Gasteiger partial charge in [0.1, 0.15) is 11.5 Å². The minimum atomic E-state index is 0.496. The number of nitrogens with zero attached hydrogens (tertiary/aromatic N) is 1. The van der Waals surface area contributed by atoms with E-state index in [1.54, 1.807) is 7.11 Å². The Balaban J connectivity index is 1.94.